The summed E-state index contributed by atoms with van der Waals surface area (Å²) in [7, 11) is 1.42. The molecule has 6 nitrogen and oxygen atoms in total. The lowest BCUT2D eigenvalue weighted by molar-refractivity contribution is 0.0980. The van der Waals surface area contributed by atoms with E-state index in [9.17, 15) is 9.59 Å². The van der Waals surface area contributed by atoms with Gasteiger partial charge in [-0.15, -0.1) is 0 Å². The molecule has 1 heterocycles. The van der Waals surface area contributed by atoms with Crippen LogP contribution in [-0.4, -0.2) is 23.8 Å². The van der Waals surface area contributed by atoms with Crippen LogP contribution in [0.1, 0.15) is 27.8 Å². The molecule has 1 aromatic carbocycles. The maximum absolute atomic E-state index is 12.4. The number of hydrogen-bond acceptors (Lipinski definition) is 4. The van der Waals surface area contributed by atoms with Crippen LogP contribution < -0.4 is 10.1 Å². The number of amides is 1. The zero-order valence-electron chi connectivity index (χ0n) is 12.4. The Morgan fingerprint density at radius 1 is 1.30 bits per heavy atom. The van der Waals surface area contributed by atoms with Crippen molar-refractivity contribution in [3.05, 3.63) is 58.0 Å². The second kappa shape index (κ2) is 6.90. The predicted molar refractivity (Wildman–Crippen MR) is 86.5 cm³/mol. The number of halogens is 1. The Labute approximate surface area is 137 Å². The van der Waals surface area contributed by atoms with E-state index in [1.54, 1.807) is 18.2 Å². The Bertz CT molecular complexity index is 828. The number of para-hydroxylation sites is 1. The Morgan fingerprint density at radius 3 is 2.65 bits per heavy atom. The summed E-state index contributed by atoms with van der Waals surface area (Å²) in [5.74, 6) is -0.695. The maximum atomic E-state index is 12.4. The van der Waals surface area contributed by atoms with Gasteiger partial charge in [0.15, 0.2) is 5.78 Å². The molecule has 2 aromatic rings. The molecule has 0 aliphatic rings. The molecule has 1 amide bonds. The Kier molecular flexibility index (Phi) is 4.94. The third kappa shape index (κ3) is 3.47. The lowest BCUT2D eigenvalue weighted by Gasteiger charge is -2.11. The number of nitrogens with zero attached hydrogens (tertiary/aromatic N) is 2. The lowest BCUT2D eigenvalue weighted by atomic mass is 10.1. The van der Waals surface area contributed by atoms with Gasteiger partial charge < -0.3 is 10.1 Å². The molecule has 0 spiro atoms. The smallest absolute Gasteiger partial charge is 0.256 e. The molecule has 0 unspecified atom stereocenters. The van der Waals surface area contributed by atoms with Crippen molar-refractivity contribution in [2.45, 2.75) is 6.92 Å². The van der Waals surface area contributed by atoms with E-state index in [0.717, 1.165) is 0 Å². The van der Waals surface area contributed by atoms with Gasteiger partial charge in [0.05, 0.1) is 19.2 Å². The number of anilines is 1. The number of rotatable bonds is 4. The molecule has 0 saturated heterocycles. The first-order valence-corrected chi connectivity index (χ1v) is 6.89. The number of benzene rings is 1. The highest BCUT2D eigenvalue weighted by Gasteiger charge is 2.19. The number of carbonyl (C=O) groups excluding carboxylic acids is 2. The van der Waals surface area contributed by atoms with Gasteiger partial charge in [0, 0.05) is 23.7 Å². The molecular formula is C16H12ClN3O3. The molecule has 0 atom stereocenters. The van der Waals surface area contributed by atoms with Crippen LogP contribution in [0.15, 0.2) is 30.3 Å². The Balaban J connectivity index is 2.41. The SMILES string of the molecule is [C-]#[N+]c1c(Cl)cccc1NC(=O)c1ccc(OC)nc1C(C)=O. The van der Waals surface area contributed by atoms with Crippen LogP contribution in [0.3, 0.4) is 0 Å². The predicted octanol–water partition coefficient (Wildman–Crippen LogP) is 3.75. The largest absolute Gasteiger partial charge is 0.481 e. The molecule has 7 heteroatoms. The first-order valence-electron chi connectivity index (χ1n) is 6.51. The molecule has 0 radical (unpaired) electrons. The minimum Gasteiger partial charge on any atom is -0.481 e. The van der Waals surface area contributed by atoms with Crippen molar-refractivity contribution in [1.82, 2.24) is 4.98 Å². The number of Topliss-reactive ketones (excluding diaryl/α,β-unsaturated/α-hetero) is 1. The first-order chi connectivity index (χ1) is 11.0. The van der Waals surface area contributed by atoms with Crippen LogP contribution in [0.5, 0.6) is 5.88 Å². The van der Waals surface area contributed by atoms with E-state index in [-0.39, 0.29) is 39.3 Å². The fraction of sp³-hybridized carbons (Fsp3) is 0.125. The van der Waals surface area contributed by atoms with Crippen molar-refractivity contribution in [3.63, 3.8) is 0 Å². The quantitative estimate of drug-likeness (QED) is 0.685. The summed E-state index contributed by atoms with van der Waals surface area (Å²) in [4.78, 5) is 31.4. The fourth-order valence-electron chi connectivity index (χ4n) is 1.93. The van der Waals surface area contributed by atoms with Gasteiger partial charge in [0.25, 0.3) is 5.91 Å². The molecule has 1 aromatic heterocycles. The highest BCUT2D eigenvalue weighted by atomic mass is 35.5. The van der Waals surface area contributed by atoms with Crippen molar-refractivity contribution in [1.29, 1.82) is 0 Å². The van der Waals surface area contributed by atoms with Gasteiger partial charge in [0.2, 0.25) is 11.6 Å². The third-order valence-electron chi connectivity index (χ3n) is 3.00. The van der Waals surface area contributed by atoms with Crippen LogP contribution in [0.4, 0.5) is 11.4 Å². The minimum absolute atomic E-state index is 0.00626. The number of ketones is 1. The molecule has 0 fully saturated rings. The van der Waals surface area contributed by atoms with Crippen LogP contribution in [0.25, 0.3) is 4.85 Å². The molecule has 23 heavy (non-hydrogen) atoms. The minimum atomic E-state index is -0.558. The van der Waals surface area contributed by atoms with Gasteiger partial charge in [-0.25, -0.2) is 9.83 Å². The van der Waals surface area contributed by atoms with Gasteiger partial charge >= 0.3 is 0 Å². The van der Waals surface area contributed by atoms with Crippen molar-refractivity contribution in [2.75, 3.05) is 12.4 Å². The van der Waals surface area contributed by atoms with E-state index in [0.29, 0.717) is 0 Å². The number of nitrogens with one attached hydrogen (secondary N) is 1. The van der Waals surface area contributed by atoms with Gasteiger partial charge in [-0.1, -0.05) is 23.7 Å². The number of aromatic nitrogens is 1. The van der Waals surface area contributed by atoms with E-state index in [1.165, 1.54) is 26.2 Å². The summed E-state index contributed by atoms with van der Waals surface area (Å²) in [5, 5.41) is 2.81. The number of carbonyl (C=O) groups is 2. The van der Waals surface area contributed by atoms with Crippen molar-refractivity contribution in [2.24, 2.45) is 0 Å². The number of hydrogen-bond donors (Lipinski definition) is 1. The van der Waals surface area contributed by atoms with Gasteiger partial charge in [-0.3, -0.25) is 9.59 Å². The normalized spacial score (nSPS) is 9.83. The van der Waals surface area contributed by atoms with Gasteiger partial charge in [-0.05, 0) is 12.1 Å². The number of methoxy groups -OCH3 is 1. The van der Waals surface area contributed by atoms with Gasteiger partial charge in [-0.2, -0.15) is 0 Å². The molecule has 0 aliphatic carbocycles. The standard InChI is InChI=1S/C16H12ClN3O3/c1-9(21)14-10(7-8-13(20-14)23-3)16(22)19-12-6-4-5-11(17)15(12)18-2/h4-8H,1,3H3,(H,19,22). The molecule has 1 N–H and O–H groups in total. The van der Waals surface area contributed by atoms with Crippen LogP contribution >= 0.6 is 11.6 Å². The van der Waals surface area contributed by atoms with Gasteiger partial charge in [0.1, 0.15) is 5.69 Å². The summed E-state index contributed by atoms with van der Waals surface area (Å²) in [6, 6.07) is 7.65. The molecule has 0 bridgehead atoms. The van der Waals surface area contributed by atoms with Crippen molar-refractivity contribution in [3.8, 4) is 5.88 Å². The van der Waals surface area contributed by atoms with Crippen LogP contribution in [0.2, 0.25) is 5.02 Å². The lowest BCUT2D eigenvalue weighted by Crippen LogP contribution is -2.17. The molecule has 0 aliphatic heterocycles. The van der Waals surface area contributed by atoms with Crippen LogP contribution in [-0.2, 0) is 0 Å². The molecule has 0 saturated carbocycles. The summed E-state index contributed by atoms with van der Waals surface area (Å²) in [5.41, 5.74) is 0.485. The Hall–Kier alpha value is -2.91. The molecular weight excluding hydrogens is 318 g/mol. The topological polar surface area (TPSA) is 72.7 Å². The average Bonchev–Trinajstić information content (AvgIpc) is 2.54. The monoisotopic (exact) mass is 329 g/mol. The third-order valence-corrected chi connectivity index (χ3v) is 3.31. The highest BCUT2D eigenvalue weighted by Crippen LogP contribution is 2.33. The number of pyridine rings is 1. The molecule has 116 valence electrons. The van der Waals surface area contributed by atoms with E-state index in [4.69, 9.17) is 22.9 Å². The van der Waals surface area contributed by atoms with Crippen molar-refractivity contribution >= 4 is 34.7 Å². The second-order valence-corrected chi connectivity index (χ2v) is 4.92. The summed E-state index contributed by atoms with van der Waals surface area (Å²) in [6.45, 7) is 8.45. The van der Waals surface area contributed by atoms with Crippen LogP contribution in [0, 0.1) is 6.57 Å². The Morgan fingerprint density at radius 2 is 2.04 bits per heavy atom. The van der Waals surface area contributed by atoms with E-state index >= 15 is 0 Å². The summed E-state index contributed by atoms with van der Waals surface area (Å²) >= 11 is 5.93. The fourth-order valence-corrected chi connectivity index (χ4v) is 2.14. The summed E-state index contributed by atoms with van der Waals surface area (Å²) in [6.07, 6.45) is 0. The van der Waals surface area contributed by atoms with E-state index in [1.807, 2.05) is 0 Å². The zero-order valence-corrected chi connectivity index (χ0v) is 13.1. The second-order valence-electron chi connectivity index (χ2n) is 4.51. The number of ether oxygens (including phenoxy) is 1. The van der Waals surface area contributed by atoms with E-state index in [2.05, 4.69) is 15.1 Å². The molecule has 2 rings (SSSR count). The van der Waals surface area contributed by atoms with Crippen molar-refractivity contribution < 1.29 is 14.3 Å². The summed E-state index contributed by atoms with van der Waals surface area (Å²) < 4.78 is 4.96. The van der Waals surface area contributed by atoms with E-state index < -0.39 is 5.91 Å². The first kappa shape index (κ1) is 16.5. The zero-order chi connectivity index (χ0) is 17.0. The maximum Gasteiger partial charge on any atom is 0.256 e. The highest BCUT2D eigenvalue weighted by molar-refractivity contribution is 6.34. The average molecular weight is 330 g/mol.